The highest BCUT2D eigenvalue weighted by Gasteiger charge is 2.17. The van der Waals surface area contributed by atoms with Crippen LogP contribution in [0, 0.1) is 30.9 Å². The molecule has 1 amide bonds. The molecule has 6 nitrogen and oxygen atoms in total. The predicted molar refractivity (Wildman–Crippen MR) is 107 cm³/mol. The Hall–Kier alpha value is -3.06. The molecule has 0 aliphatic rings. The first-order valence-corrected chi connectivity index (χ1v) is 9.24. The maximum atomic E-state index is 12.3. The zero-order valence-corrected chi connectivity index (χ0v) is 16.1. The highest BCUT2D eigenvalue weighted by atomic mass is 32.1. The number of nitrogens with zero attached hydrogens (tertiary/aromatic N) is 2. The zero-order chi connectivity index (χ0) is 19.6. The summed E-state index contributed by atoms with van der Waals surface area (Å²) >= 11 is 1.39. The van der Waals surface area contributed by atoms with Gasteiger partial charge in [0.25, 0.3) is 5.69 Å². The van der Waals surface area contributed by atoms with Gasteiger partial charge >= 0.3 is 0 Å². The molecule has 0 aliphatic carbocycles. The Labute approximate surface area is 161 Å². The molecule has 0 fully saturated rings. The van der Waals surface area contributed by atoms with Crippen molar-refractivity contribution in [2.75, 3.05) is 5.32 Å². The van der Waals surface area contributed by atoms with Crippen LogP contribution in [0.4, 0.5) is 10.8 Å². The first kappa shape index (κ1) is 18.7. The molecule has 3 aromatic rings. The number of amides is 1. The Bertz CT molecular complexity index is 1030. The number of hydrogen-bond acceptors (Lipinski definition) is 5. The Morgan fingerprint density at radius 2 is 1.89 bits per heavy atom. The van der Waals surface area contributed by atoms with Crippen molar-refractivity contribution in [2.45, 2.75) is 27.2 Å². The quantitative estimate of drug-likeness (QED) is 0.507. The number of carbonyl (C=O) groups is 1. The average Bonchev–Trinajstić information content (AvgIpc) is 2.97. The van der Waals surface area contributed by atoms with Crippen molar-refractivity contribution in [1.82, 2.24) is 4.98 Å². The van der Waals surface area contributed by atoms with Crippen molar-refractivity contribution in [3.05, 3.63) is 74.1 Å². The Balaban J connectivity index is 1.78. The second-order valence-corrected chi connectivity index (χ2v) is 7.54. The number of thiazole rings is 1. The SMILES string of the molecule is Cc1ccc(-c2nc(NC(=O)Cc3ccccc3[N+](=O)[O-])sc2C)cc1C. The highest BCUT2D eigenvalue weighted by Crippen LogP contribution is 2.31. The molecule has 1 heterocycles. The molecule has 0 spiro atoms. The Kier molecular flexibility index (Phi) is 5.32. The van der Waals surface area contributed by atoms with E-state index in [-0.39, 0.29) is 18.0 Å². The third-order valence-electron chi connectivity index (χ3n) is 4.36. The largest absolute Gasteiger partial charge is 0.302 e. The number of nitro groups is 1. The maximum absolute atomic E-state index is 12.3. The van der Waals surface area contributed by atoms with Gasteiger partial charge in [-0.3, -0.25) is 14.9 Å². The molecule has 0 bridgehead atoms. The molecule has 0 aliphatic heterocycles. The van der Waals surface area contributed by atoms with Crippen molar-refractivity contribution in [2.24, 2.45) is 0 Å². The molecule has 0 saturated carbocycles. The number of para-hydroxylation sites is 1. The number of benzene rings is 2. The minimum absolute atomic E-state index is 0.0567. The van der Waals surface area contributed by atoms with Crippen LogP contribution in [0.25, 0.3) is 11.3 Å². The van der Waals surface area contributed by atoms with E-state index in [2.05, 4.69) is 36.3 Å². The Morgan fingerprint density at radius 3 is 2.59 bits per heavy atom. The van der Waals surface area contributed by atoms with Crippen LogP contribution in [0.2, 0.25) is 0 Å². The van der Waals surface area contributed by atoms with Gasteiger partial charge in [0, 0.05) is 22.1 Å². The van der Waals surface area contributed by atoms with Crippen LogP contribution < -0.4 is 5.32 Å². The van der Waals surface area contributed by atoms with Crippen molar-refractivity contribution in [3.8, 4) is 11.3 Å². The molecule has 0 saturated heterocycles. The second-order valence-electron chi connectivity index (χ2n) is 6.33. The van der Waals surface area contributed by atoms with Gasteiger partial charge in [-0.05, 0) is 38.0 Å². The van der Waals surface area contributed by atoms with E-state index < -0.39 is 4.92 Å². The van der Waals surface area contributed by atoms with Gasteiger partial charge in [-0.2, -0.15) is 0 Å². The number of rotatable bonds is 5. The van der Waals surface area contributed by atoms with Crippen LogP contribution >= 0.6 is 11.3 Å². The first-order chi connectivity index (χ1) is 12.8. The molecule has 138 valence electrons. The van der Waals surface area contributed by atoms with Crippen molar-refractivity contribution in [3.63, 3.8) is 0 Å². The van der Waals surface area contributed by atoms with Gasteiger partial charge < -0.3 is 5.32 Å². The fourth-order valence-electron chi connectivity index (χ4n) is 2.78. The van der Waals surface area contributed by atoms with Gasteiger partial charge in [-0.15, -0.1) is 11.3 Å². The summed E-state index contributed by atoms with van der Waals surface area (Å²) in [6, 6.07) is 12.4. The molecular weight excluding hydrogens is 362 g/mol. The maximum Gasteiger partial charge on any atom is 0.273 e. The van der Waals surface area contributed by atoms with E-state index in [1.165, 1.54) is 28.5 Å². The molecule has 27 heavy (non-hydrogen) atoms. The molecule has 1 aromatic heterocycles. The minimum atomic E-state index is -0.478. The van der Waals surface area contributed by atoms with Gasteiger partial charge in [0.1, 0.15) is 0 Å². The van der Waals surface area contributed by atoms with Crippen LogP contribution in [0.5, 0.6) is 0 Å². The molecule has 0 unspecified atom stereocenters. The summed E-state index contributed by atoms with van der Waals surface area (Å²) in [7, 11) is 0. The fourth-order valence-corrected chi connectivity index (χ4v) is 3.63. The number of aryl methyl sites for hydroxylation is 3. The van der Waals surface area contributed by atoms with Gasteiger partial charge in [-0.1, -0.05) is 30.3 Å². The number of anilines is 1. The highest BCUT2D eigenvalue weighted by molar-refractivity contribution is 7.16. The second kappa shape index (κ2) is 7.67. The zero-order valence-electron chi connectivity index (χ0n) is 15.3. The number of nitro benzene ring substituents is 1. The van der Waals surface area contributed by atoms with Gasteiger partial charge in [-0.25, -0.2) is 4.98 Å². The van der Waals surface area contributed by atoms with Crippen molar-refractivity contribution < 1.29 is 9.72 Å². The van der Waals surface area contributed by atoms with Gasteiger partial charge in [0.2, 0.25) is 5.91 Å². The van der Waals surface area contributed by atoms with E-state index in [1.807, 2.05) is 13.0 Å². The van der Waals surface area contributed by atoms with Crippen LogP contribution in [0.3, 0.4) is 0 Å². The van der Waals surface area contributed by atoms with Crippen LogP contribution in [-0.2, 0) is 11.2 Å². The molecule has 0 atom stereocenters. The standard InChI is InChI=1S/C20H19N3O3S/c1-12-8-9-16(10-13(12)2)19-14(3)27-20(22-19)21-18(24)11-15-6-4-5-7-17(15)23(25)26/h4-10H,11H2,1-3H3,(H,21,22,24). The third-order valence-corrected chi connectivity index (χ3v) is 5.25. The summed E-state index contributed by atoms with van der Waals surface area (Å²) in [4.78, 5) is 28.5. The van der Waals surface area contributed by atoms with E-state index >= 15 is 0 Å². The third kappa shape index (κ3) is 4.20. The number of aromatic nitrogens is 1. The lowest BCUT2D eigenvalue weighted by Crippen LogP contribution is -2.15. The molecule has 3 rings (SSSR count). The predicted octanol–water partition coefficient (Wildman–Crippen LogP) is 4.82. The van der Waals surface area contributed by atoms with E-state index in [0.717, 1.165) is 16.1 Å². The lowest BCUT2D eigenvalue weighted by Gasteiger charge is -2.04. The topological polar surface area (TPSA) is 85.1 Å². The van der Waals surface area contributed by atoms with Crippen LogP contribution in [-0.4, -0.2) is 15.8 Å². The van der Waals surface area contributed by atoms with Gasteiger partial charge in [0.15, 0.2) is 5.13 Å². The van der Waals surface area contributed by atoms with E-state index in [0.29, 0.717) is 10.7 Å². The summed E-state index contributed by atoms with van der Waals surface area (Å²) in [5.74, 6) is -0.329. The summed E-state index contributed by atoms with van der Waals surface area (Å²) in [6.07, 6.45) is -0.0746. The molecule has 7 heteroatoms. The monoisotopic (exact) mass is 381 g/mol. The fraction of sp³-hybridized carbons (Fsp3) is 0.200. The first-order valence-electron chi connectivity index (χ1n) is 8.42. The normalized spacial score (nSPS) is 10.6. The van der Waals surface area contributed by atoms with Crippen LogP contribution in [0.1, 0.15) is 21.6 Å². The molecule has 2 aromatic carbocycles. The van der Waals surface area contributed by atoms with E-state index in [4.69, 9.17) is 0 Å². The number of carbonyl (C=O) groups excluding carboxylic acids is 1. The van der Waals surface area contributed by atoms with Crippen molar-refractivity contribution in [1.29, 1.82) is 0 Å². The summed E-state index contributed by atoms with van der Waals surface area (Å²) in [5.41, 5.74) is 4.56. The summed E-state index contributed by atoms with van der Waals surface area (Å²) in [6.45, 7) is 6.07. The molecule has 1 N–H and O–H groups in total. The molecular formula is C20H19N3O3S. The minimum Gasteiger partial charge on any atom is -0.302 e. The number of nitrogens with one attached hydrogen (secondary N) is 1. The number of hydrogen-bond donors (Lipinski definition) is 1. The lowest BCUT2D eigenvalue weighted by molar-refractivity contribution is -0.385. The average molecular weight is 381 g/mol. The van der Waals surface area contributed by atoms with Gasteiger partial charge in [0.05, 0.1) is 17.0 Å². The smallest absolute Gasteiger partial charge is 0.273 e. The Morgan fingerprint density at radius 1 is 1.15 bits per heavy atom. The molecule has 0 radical (unpaired) electrons. The lowest BCUT2D eigenvalue weighted by atomic mass is 10.0. The van der Waals surface area contributed by atoms with E-state index in [9.17, 15) is 14.9 Å². The van der Waals surface area contributed by atoms with Crippen molar-refractivity contribution >= 4 is 28.1 Å². The summed E-state index contributed by atoms with van der Waals surface area (Å²) < 4.78 is 0. The van der Waals surface area contributed by atoms with Crippen LogP contribution in [0.15, 0.2) is 42.5 Å². The summed E-state index contributed by atoms with van der Waals surface area (Å²) in [5, 5.41) is 14.3. The van der Waals surface area contributed by atoms with E-state index in [1.54, 1.807) is 18.2 Å².